The highest BCUT2D eigenvalue weighted by atomic mass is 16.6. The lowest BCUT2D eigenvalue weighted by Gasteiger charge is -2.09. The maximum Gasteiger partial charge on any atom is 0.344 e. The van der Waals surface area contributed by atoms with Gasteiger partial charge in [-0.3, -0.25) is 10.1 Å². The summed E-state index contributed by atoms with van der Waals surface area (Å²) in [6.45, 7) is 5.67. The summed E-state index contributed by atoms with van der Waals surface area (Å²) < 4.78 is 5.23. The van der Waals surface area contributed by atoms with Gasteiger partial charge >= 0.3 is 11.7 Å². The maximum atomic E-state index is 12.0. The van der Waals surface area contributed by atoms with Crippen LogP contribution in [-0.2, 0) is 4.74 Å². The molecule has 1 aliphatic heterocycles. The number of hydrogen-bond acceptors (Lipinski definition) is 4. The van der Waals surface area contributed by atoms with Crippen LogP contribution in [0.2, 0.25) is 0 Å². The number of carbonyl (C=O) groups is 1. The van der Waals surface area contributed by atoms with Crippen molar-refractivity contribution in [2.45, 2.75) is 20.8 Å². The van der Waals surface area contributed by atoms with E-state index in [-0.39, 0.29) is 11.5 Å². The molecule has 23 heavy (non-hydrogen) atoms. The van der Waals surface area contributed by atoms with Gasteiger partial charge in [-0.05, 0) is 49.6 Å². The minimum absolute atomic E-state index is 0.0157. The van der Waals surface area contributed by atoms with Gasteiger partial charge in [-0.25, -0.2) is 4.79 Å². The van der Waals surface area contributed by atoms with E-state index in [0.29, 0.717) is 16.7 Å². The number of carbonyl (C=O) groups excluding carboxylic acids is 1. The van der Waals surface area contributed by atoms with Gasteiger partial charge in [0.2, 0.25) is 5.76 Å². The molecule has 0 atom stereocenters. The molecule has 1 heterocycles. The molecule has 0 spiro atoms. The molecular formula is C18H15NO4. The highest BCUT2D eigenvalue weighted by molar-refractivity contribution is 6.07. The SMILES string of the molecule is Cc1cc(C)c(/C(=C2\OC(=O)c3ccccc32)[N+](=O)[O-])cc1C. The second kappa shape index (κ2) is 5.35. The molecule has 116 valence electrons. The van der Waals surface area contributed by atoms with Crippen LogP contribution in [0.15, 0.2) is 36.4 Å². The van der Waals surface area contributed by atoms with Gasteiger partial charge in [0, 0.05) is 5.56 Å². The number of cyclic esters (lactones) is 1. The summed E-state index contributed by atoms with van der Waals surface area (Å²) in [7, 11) is 0. The third-order valence-corrected chi connectivity index (χ3v) is 4.08. The first-order valence-corrected chi connectivity index (χ1v) is 7.18. The Labute approximate surface area is 133 Å². The van der Waals surface area contributed by atoms with Crippen LogP contribution in [0.1, 0.15) is 38.2 Å². The van der Waals surface area contributed by atoms with E-state index in [4.69, 9.17) is 4.74 Å². The average molecular weight is 309 g/mol. The molecular weight excluding hydrogens is 294 g/mol. The first-order chi connectivity index (χ1) is 10.9. The van der Waals surface area contributed by atoms with E-state index in [1.807, 2.05) is 26.8 Å². The van der Waals surface area contributed by atoms with Crippen LogP contribution in [-0.4, -0.2) is 10.9 Å². The minimum atomic E-state index is -0.559. The van der Waals surface area contributed by atoms with E-state index in [0.717, 1.165) is 16.7 Å². The van der Waals surface area contributed by atoms with E-state index in [1.54, 1.807) is 30.3 Å². The Morgan fingerprint density at radius 3 is 2.26 bits per heavy atom. The van der Waals surface area contributed by atoms with Crippen molar-refractivity contribution in [3.05, 3.63) is 79.9 Å². The van der Waals surface area contributed by atoms with Crippen molar-refractivity contribution in [1.29, 1.82) is 0 Å². The fourth-order valence-electron chi connectivity index (χ4n) is 2.76. The van der Waals surface area contributed by atoms with Crippen LogP contribution in [0, 0.1) is 30.9 Å². The molecule has 0 radical (unpaired) electrons. The summed E-state index contributed by atoms with van der Waals surface area (Å²) in [5.74, 6) is -0.543. The number of esters is 1. The first-order valence-electron chi connectivity index (χ1n) is 7.18. The van der Waals surface area contributed by atoms with Gasteiger partial charge in [0.15, 0.2) is 0 Å². The Hall–Kier alpha value is -2.95. The fourth-order valence-corrected chi connectivity index (χ4v) is 2.76. The average Bonchev–Trinajstić information content (AvgIpc) is 2.82. The third kappa shape index (κ3) is 2.40. The zero-order valence-corrected chi connectivity index (χ0v) is 13.0. The van der Waals surface area contributed by atoms with E-state index in [1.165, 1.54) is 0 Å². The number of nitrogens with zero attached hydrogens (tertiary/aromatic N) is 1. The van der Waals surface area contributed by atoms with Crippen LogP contribution >= 0.6 is 0 Å². The van der Waals surface area contributed by atoms with Gasteiger partial charge in [0.05, 0.1) is 16.1 Å². The van der Waals surface area contributed by atoms with Crippen molar-refractivity contribution in [2.75, 3.05) is 0 Å². The molecule has 0 aliphatic carbocycles. The van der Waals surface area contributed by atoms with Crippen molar-refractivity contribution in [2.24, 2.45) is 0 Å². The Morgan fingerprint density at radius 1 is 1.00 bits per heavy atom. The largest absolute Gasteiger partial charge is 0.415 e. The second-order valence-electron chi connectivity index (χ2n) is 5.62. The molecule has 1 aliphatic rings. The number of benzene rings is 2. The van der Waals surface area contributed by atoms with Gasteiger partial charge in [-0.15, -0.1) is 0 Å². The molecule has 0 aromatic heterocycles. The standard InChI is InChI=1S/C18H15NO4/c1-10-8-12(3)15(9-11(10)2)16(19(21)22)17-13-6-4-5-7-14(13)18(20)23-17/h4-9H,1-3H3/b17-16+. The van der Waals surface area contributed by atoms with Crippen molar-refractivity contribution in [3.8, 4) is 0 Å². The van der Waals surface area contributed by atoms with Crippen molar-refractivity contribution in [3.63, 3.8) is 0 Å². The highest BCUT2D eigenvalue weighted by Gasteiger charge is 2.35. The summed E-state index contributed by atoms with van der Waals surface area (Å²) in [5, 5.41) is 11.7. The molecule has 2 aromatic rings. The molecule has 0 amide bonds. The molecule has 0 unspecified atom stereocenters. The van der Waals surface area contributed by atoms with Crippen LogP contribution in [0.25, 0.3) is 11.5 Å². The summed E-state index contributed by atoms with van der Waals surface area (Å²) in [4.78, 5) is 23.2. The van der Waals surface area contributed by atoms with Crippen molar-refractivity contribution >= 4 is 17.4 Å². The Morgan fingerprint density at radius 2 is 1.61 bits per heavy atom. The van der Waals surface area contributed by atoms with Crippen LogP contribution in [0.4, 0.5) is 0 Å². The van der Waals surface area contributed by atoms with E-state index in [9.17, 15) is 14.9 Å². The lowest BCUT2D eigenvalue weighted by Crippen LogP contribution is -2.05. The van der Waals surface area contributed by atoms with E-state index >= 15 is 0 Å². The Balaban J connectivity index is 2.32. The quantitative estimate of drug-likeness (QED) is 0.479. The first kappa shape index (κ1) is 15.0. The molecule has 0 saturated carbocycles. The lowest BCUT2D eigenvalue weighted by atomic mass is 9.97. The third-order valence-electron chi connectivity index (χ3n) is 4.08. The van der Waals surface area contributed by atoms with Gasteiger partial charge < -0.3 is 4.74 Å². The van der Waals surface area contributed by atoms with Gasteiger partial charge in [-0.2, -0.15) is 0 Å². The number of hydrogen-bond donors (Lipinski definition) is 0. The van der Waals surface area contributed by atoms with Crippen molar-refractivity contribution < 1.29 is 14.5 Å². The van der Waals surface area contributed by atoms with E-state index in [2.05, 4.69) is 0 Å². The topological polar surface area (TPSA) is 69.4 Å². The molecule has 0 bridgehead atoms. The zero-order valence-electron chi connectivity index (χ0n) is 13.0. The molecule has 0 N–H and O–H groups in total. The zero-order chi connectivity index (χ0) is 16.7. The van der Waals surface area contributed by atoms with Crippen LogP contribution < -0.4 is 0 Å². The number of rotatable bonds is 2. The van der Waals surface area contributed by atoms with Gasteiger partial charge in [-0.1, -0.05) is 24.3 Å². The number of fused-ring (bicyclic) bond motifs is 1. The molecule has 0 saturated heterocycles. The van der Waals surface area contributed by atoms with E-state index < -0.39 is 10.9 Å². The highest BCUT2D eigenvalue weighted by Crippen LogP contribution is 2.37. The Bertz CT molecular complexity index is 881. The molecule has 5 heteroatoms. The number of ether oxygens (including phenoxy) is 1. The predicted molar refractivity (Wildman–Crippen MR) is 86.3 cm³/mol. The Kier molecular flexibility index (Phi) is 3.48. The normalized spacial score (nSPS) is 15.2. The minimum Gasteiger partial charge on any atom is -0.415 e. The summed E-state index contributed by atoms with van der Waals surface area (Å²) >= 11 is 0. The van der Waals surface area contributed by atoms with Crippen LogP contribution in [0.3, 0.4) is 0 Å². The van der Waals surface area contributed by atoms with Gasteiger partial charge in [0.25, 0.3) is 0 Å². The smallest absolute Gasteiger partial charge is 0.344 e. The number of nitro groups is 1. The molecule has 3 rings (SSSR count). The summed E-state index contributed by atoms with van der Waals surface area (Å²) in [5.41, 5.74) is 3.88. The number of aryl methyl sites for hydroxylation is 3. The summed E-state index contributed by atoms with van der Waals surface area (Å²) in [6.07, 6.45) is 0. The second-order valence-corrected chi connectivity index (χ2v) is 5.62. The fraction of sp³-hybridized carbons (Fsp3) is 0.167. The summed E-state index contributed by atoms with van der Waals surface area (Å²) in [6, 6.07) is 10.4. The molecule has 0 fully saturated rings. The predicted octanol–water partition coefficient (Wildman–Crippen LogP) is 3.88. The van der Waals surface area contributed by atoms with Gasteiger partial charge in [0.1, 0.15) is 0 Å². The van der Waals surface area contributed by atoms with Crippen LogP contribution in [0.5, 0.6) is 0 Å². The van der Waals surface area contributed by atoms with Crippen molar-refractivity contribution in [1.82, 2.24) is 0 Å². The monoisotopic (exact) mass is 309 g/mol. The lowest BCUT2D eigenvalue weighted by molar-refractivity contribution is -0.375. The molecule has 2 aromatic carbocycles. The molecule has 5 nitrogen and oxygen atoms in total. The maximum absolute atomic E-state index is 12.0.